The number of ether oxygens (including phenoxy) is 2. The number of hydrazine groups is 1. The number of aliphatic hydroxyl groups is 1. The van der Waals surface area contributed by atoms with Gasteiger partial charge in [-0.1, -0.05) is 62.4 Å². The molecule has 6 atom stereocenters. The number of pyridine rings is 1. The number of fused-ring (bicyclic) bond motifs is 8. The number of carbonyl (C=O) groups excluding carboxylic acids is 4. The minimum atomic E-state index is -1.74. The molecule has 15 heteroatoms. The molecule has 0 spiro atoms. The Bertz CT molecular complexity index is 2730. The number of allylic oxidation sites excluding steroid dienone is 1. The van der Waals surface area contributed by atoms with Crippen LogP contribution in [0.1, 0.15) is 75.8 Å². The van der Waals surface area contributed by atoms with Crippen LogP contribution in [0, 0.1) is 23.7 Å². The molecule has 4 aromatic rings. The summed E-state index contributed by atoms with van der Waals surface area (Å²) in [4.78, 5) is 66.2. The summed E-state index contributed by atoms with van der Waals surface area (Å²) in [6.07, 6.45) is 9.26. The number of esters is 1. The highest BCUT2D eigenvalue weighted by atomic mass is 28.1. The monoisotopic (exact) mass is 921 g/mol. The number of rotatable bonds is 9. The van der Waals surface area contributed by atoms with E-state index in [1.807, 2.05) is 30.3 Å². The first-order valence-electron chi connectivity index (χ1n) is 22.8. The number of terminal acetylenes is 1. The number of cyclic esters (lactones) is 1. The number of hydrogen-bond acceptors (Lipinski definition) is 10. The maximum Gasteiger partial charge on any atom is 0.324 e. The van der Waals surface area contributed by atoms with E-state index < -0.39 is 53.0 Å². The summed E-state index contributed by atoms with van der Waals surface area (Å²) in [6.45, 7) is 12.7. The number of aromatic nitrogens is 2. The van der Waals surface area contributed by atoms with E-state index in [4.69, 9.17) is 20.9 Å². The predicted molar refractivity (Wildman–Crippen MR) is 258 cm³/mol. The van der Waals surface area contributed by atoms with Crippen molar-refractivity contribution in [3.05, 3.63) is 102 Å². The largest absolute Gasteiger partial charge is 0.464 e. The summed E-state index contributed by atoms with van der Waals surface area (Å²) in [6, 6.07) is 17.3. The summed E-state index contributed by atoms with van der Waals surface area (Å²) in [5.74, 6) is 0.108. The first-order valence-corrected chi connectivity index (χ1v) is 23.4. The van der Waals surface area contributed by atoms with Gasteiger partial charge in [0.2, 0.25) is 5.91 Å². The molecule has 2 fully saturated rings. The summed E-state index contributed by atoms with van der Waals surface area (Å²) in [5, 5.41) is 15.8. The number of methoxy groups -OCH3 is 1. The molecular formula is C52H59N7O7Si. The van der Waals surface area contributed by atoms with Crippen molar-refractivity contribution in [1.29, 1.82) is 0 Å². The van der Waals surface area contributed by atoms with E-state index in [2.05, 4.69) is 75.8 Å². The summed E-state index contributed by atoms with van der Waals surface area (Å²) >= 11 is 0. The normalized spacial score (nSPS) is 24.1. The molecule has 3 amide bonds. The van der Waals surface area contributed by atoms with Crippen LogP contribution in [-0.4, -0.2) is 127 Å². The molecule has 3 aliphatic heterocycles. The minimum Gasteiger partial charge on any atom is -0.464 e. The van der Waals surface area contributed by atoms with Crippen LogP contribution in [0.3, 0.4) is 0 Å². The Hall–Kier alpha value is -6.02. The van der Waals surface area contributed by atoms with Crippen molar-refractivity contribution in [2.45, 2.75) is 89.8 Å². The highest BCUT2D eigenvalue weighted by Crippen LogP contribution is 2.57. The third kappa shape index (κ3) is 8.61. The third-order valence-electron chi connectivity index (χ3n) is 13.9. The molecule has 2 radical (unpaired) electrons. The number of nitrogens with zero attached hydrogens (tertiary/aromatic N) is 5. The van der Waals surface area contributed by atoms with Crippen molar-refractivity contribution in [3.63, 3.8) is 0 Å². The summed E-state index contributed by atoms with van der Waals surface area (Å²) < 4.78 is 14.8. The van der Waals surface area contributed by atoms with Gasteiger partial charge >= 0.3 is 5.97 Å². The van der Waals surface area contributed by atoms with Gasteiger partial charge in [-0.05, 0) is 91.3 Å². The number of amides is 3. The van der Waals surface area contributed by atoms with E-state index in [0.717, 1.165) is 50.1 Å². The highest BCUT2D eigenvalue weighted by Gasteiger charge is 2.49. The Labute approximate surface area is 395 Å². The van der Waals surface area contributed by atoms with E-state index in [1.165, 1.54) is 21.7 Å². The molecule has 348 valence electrons. The van der Waals surface area contributed by atoms with Crippen LogP contribution < -0.4 is 10.7 Å². The second-order valence-corrected chi connectivity index (χ2v) is 19.3. The quantitative estimate of drug-likeness (QED) is 0.0700. The summed E-state index contributed by atoms with van der Waals surface area (Å²) in [5.41, 5.74) is 10.00. The molecule has 5 heterocycles. The maximum absolute atomic E-state index is 15.2. The Morgan fingerprint density at radius 1 is 1.15 bits per heavy atom. The molecule has 6 bridgehead atoms. The van der Waals surface area contributed by atoms with Gasteiger partial charge in [0.15, 0.2) is 0 Å². The number of likely N-dealkylation sites (tertiary alicyclic amines) is 1. The first kappa shape index (κ1) is 47.5. The Morgan fingerprint density at radius 2 is 1.93 bits per heavy atom. The molecule has 1 aliphatic carbocycles. The zero-order valence-corrected chi connectivity index (χ0v) is 40.1. The molecule has 2 aromatic heterocycles. The number of carbonyl (C=O) groups is 4. The molecule has 3 N–H and O–H groups in total. The van der Waals surface area contributed by atoms with Crippen molar-refractivity contribution in [2.75, 3.05) is 40.4 Å². The van der Waals surface area contributed by atoms with E-state index >= 15 is 4.79 Å². The lowest BCUT2D eigenvalue weighted by Gasteiger charge is -2.43. The fraction of sp³-hybridized carbons (Fsp3) is 0.423. The molecule has 4 aliphatic rings. The van der Waals surface area contributed by atoms with Gasteiger partial charge in [-0.2, -0.15) is 0 Å². The Morgan fingerprint density at radius 3 is 2.64 bits per heavy atom. The average molecular weight is 922 g/mol. The smallest absolute Gasteiger partial charge is 0.324 e. The lowest BCUT2D eigenvalue weighted by atomic mass is 9.67. The predicted octanol–water partition coefficient (Wildman–Crippen LogP) is 4.81. The van der Waals surface area contributed by atoms with Gasteiger partial charge in [0.1, 0.15) is 29.6 Å². The lowest BCUT2D eigenvalue weighted by molar-refractivity contribution is -0.157. The standard InChI is InChI=1S/C52H59N7O7Si/c1-9-22-58-39-19-18-34-26-37(39)41-42(46(65-8)43-36(45(41)58)16-12-21-53-43)51(5,6)29-66-49(63)38-17-13-23-59(55-38)50(64)52(30-67,27-32-14-11-15-33(34)25-32)54-47(61)44(31(3)4)56(7)48(62)35-20-24-57(28-35)40(60)10-2/h1,10-12,14-16,18-19,21,25-26,30,35,38,40,42,46,55,60H,2,13,17,20,22-24,27-29H2,3-8H3,(H,54,61)/t35-,38-,40?,42?,46-,52+/m0/s1. The van der Waals surface area contributed by atoms with E-state index in [9.17, 15) is 19.5 Å². The van der Waals surface area contributed by atoms with Crippen LogP contribution in [-0.2, 0) is 41.6 Å². The van der Waals surface area contributed by atoms with Crippen LogP contribution >= 0.6 is 0 Å². The van der Waals surface area contributed by atoms with Gasteiger partial charge in [0.25, 0.3) is 11.8 Å². The molecule has 2 aromatic carbocycles. The van der Waals surface area contributed by atoms with Gasteiger partial charge < -0.3 is 29.4 Å². The second kappa shape index (κ2) is 18.9. The fourth-order valence-electron chi connectivity index (χ4n) is 10.7. The molecule has 0 saturated carbocycles. The maximum atomic E-state index is 15.2. The summed E-state index contributed by atoms with van der Waals surface area (Å²) in [7, 11) is 6.85. The van der Waals surface area contributed by atoms with Gasteiger partial charge in [0.05, 0.1) is 30.5 Å². The second-order valence-electron chi connectivity index (χ2n) is 19.1. The zero-order valence-electron chi connectivity index (χ0n) is 39.1. The van der Waals surface area contributed by atoms with Crippen molar-refractivity contribution < 1.29 is 33.8 Å². The average Bonchev–Trinajstić information content (AvgIpc) is 3.95. The topological polar surface area (TPSA) is 159 Å². The third-order valence-corrected chi connectivity index (χ3v) is 14.4. The van der Waals surface area contributed by atoms with Crippen LogP contribution in [0.5, 0.6) is 0 Å². The van der Waals surface area contributed by atoms with Crippen LogP contribution in [0.4, 0.5) is 0 Å². The van der Waals surface area contributed by atoms with Crippen LogP contribution in [0.2, 0.25) is 0 Å². The van der Waals surface area contributed by atoms with Crippen LogP contribution in [0.25, 0.3) is 33.3 Å². The van der Waals surface area contributed by atoms with Crippen molar-refractivity contribution in [3.8, 4) is 34.7 Å². The number of likely N-dealkylation sites (N-methyl/N-ethyl adjacent to an activating group) is 1. The number of hydrogen-bond donors (Lipinski definition) is 3. The van der Waals surface area contributed by atoms with Gasteiger partial charge in [0, 0.05) is 84.1 Å². The van der Waals surface area contributed by atoms with Crippen molar-refractivity contribution in [2.24, 2.45) is 11.3 Å². The van der Waals surface area contributed by atoms with Gasteiger partial charge in [-0.3, -0.25) is 34.1 Å². The first-order chi connectivity index (χ1) is 32.1. The van der Waals surface area contributed by atoms with Gasteiger partial charge in [-0.15, -0.1) is 6.42 Å². The molecule has 2 unspecified atom stereocenters. The SMILES string of the molecule is C#CCn1c2c3c4cc(ccc41)-c1cccc(c1)C[C@](C=[Si])(NC(=O)C(=C(C)C)N(C)C(=O)[C@H]1CCN(C(O)C=C)C1)C(=O)N1CCC[C@H](N1)C(=O)OCC(C)(C)C3[C@H](OC)c1ncccc1-2. The molecular weight excluding hydrogens is 863 g/mol. The molecule has 14 nitrogen and oxygen atoms in total. The number of benzene rings is 2. The van der Waals surface area contributed by atoms with Gasteiger partial charge in [-0.25, -0.2) is 5.43 Å². The van der Waals surface area contributed by atoms with E-state index in [1.54, 1.807) is 39.1 Å². The fourth-order valence-corrected chi connectivity index (χ4v) is 11.0. The minimum absolute atomic E-state index is 0.00130. The van der Waals surface area contributed by atoms with Crippen molar-refractivity contribution >= 4 is 50.1 Å². The number of aliphatic hydroxyl groups excluding tert-OH is 1. The zero-order chi connectivity index (χ0) is 47.9. The van der Waals surface area contributed by atoms with E-state index in [-0.39, 0.29) is 37.1 Å². The molecule has 67 heavy (non-hydrogen) atoms. The Balaban J connectivity index is 1.25. The number of nitrogens with one attached hydrogen (secondary N) is 2. The van der Waals surface area contributed by atoms with E-state index in [0.29, 0.717) is 44.5 Å². The molecule has 8 rings (SSSR count). The van der Waals surface area contributed by atoms with Crippen molar-refractivity contribution in [1.82, 2.24) is 35.1 Å². The Kier molecular flexibility index (Phi) is 13.4. The highest BCUT2D eigenvalue weighted by molar-refractivity contribution is 6.35. The van der Waals surface area contributed by atoms with Crippen LogP contribution in [0.15, 0.2) is 84.7 Å². The molecule has 2 saturated heterocycles. The lowest BCUT2D eigenvalue weighted by Crippen LogP contribution is -2.67.